The van der Waals surface area contributed by atoms with Crippen LogP contribution in [0.3, 0.4) is 0 Å². The molecule has 256 valence electrons. The number of nitrogens with two attached hydrogens (primary N) is 1. The molecule has 5 amide bonds. The second-order valence-corrected chi connectivity index (χ2v) is 11.5. The molecule has 1 rings (SSSR count). The minimum absolute atomic E-state index is 0.0432. The number of carboxylic acids is 2. The Hall–Kier alpha value is -4.53. The summed E-state index contributed by atoms with van der Waals surface area (Å²) < 4.78 is 0. The summed E-state index contributed by atoms with van der Waals surface area (Å²) in [5, 5.41) is 30.9. The van der Waals surface area contributed by atoms with Gasteiger partial charge in [0.15, 0.2) is 0 Å². The van der Waals surface area contributed by atoms with Gasteiger partial charge in [0, 0.05) is 12.8 Å². The van der Waals surface area contributed by atoms with Crippen molar-refractivity contribution < 1.29 is 43.8 Å². The summed E-state index contributed by atoms with van der Waals surface area (Å²) in [6.07, 6.45) is 1.23. The van der Waals surface area contributed by atoms with Gasteiger partial charge in [-0.15, -0.1) is 0 Å². The highest BCUT2D eigenvalue weighted by molar-refractivity contribution is 5.96. The molecular weight excluding hydrogens is 600 g/mol. The van der Waals surface area contributed by atoms with Gasteiger partial charge < -0.3 is 42.5 Å². The Morgan fingerprint density at radius 3 is 1.74 bits per heavy atom. The number of carbonyl (C=O) groups is 7. The number of rotatable bonds is 20. The zero-order valence-corrected chi connectivity index (χ0v) is 27.0. The first-order valence-corrected chi connectivity index (χ1v) is 15.3. The standard InChI is InChI=1S/C31H48N6O9/c1-6-7-13-21(32)28(42)35-22(14-15-24(38)39)29(43)34-18(4)26(40)33-19(5)27(41)36-23(16-20-11-9-8-10-12-20)30(44)37-25(17(2)3)31(45)46/h8-12,17-19,21-23,25H,6-7,13-16,32H2,1-5H3,(H,33,40)(H,34,43)(H,35,42)(H,36,41)(H,37,44)(H,38,39)(H,45,46)/t18-,19-,21-,22-,23-,25-/m0/s1. The van der Waals surface area contributed by atoms with Crippen LogP contribution in [0.25, 0.3) is 0 Å². The summed E-state index contributed by atoms with van der Waals surface area (Å²) >= 11 is 0. The van der Waals surface area contributed by atoms with Crippen LogP contribution >= 0.6 is 0 Å². The Morgan fingerprint density at radius 2 is 1.22 bits per heavy atom. The lowest BCUT2D eigenvalue weighted by atomic mass is 10.0. The highest BCUT2D eigenvalue weighted by Gasteiger charge is 2.31. The number of nitrogens with one attached hydrogen (secondary N) is 5. The van der Waals surface area contributed by atoms with Crippen molar-refractivity contribution in [3.63, 3.8) is 0 Å². The minimum Gasteiger partial charge on any atom is -0.481 e. The van der Waals surface area contributed by atoms with E-state index < -0.39 is 90.1 Å². The van der Waals surface area contributed by atoms with E-state index in [0.29, 0.717) is 18.4 Å². The number of benzene rings is 1. The molecule has 0 unspecified atom stereocenters. The highest BCUT2D eigenvalue weighted by Crippen LogP contribution is 2.08. The van der Waals surface area contributed by atoms with E-state index in [1.165, 1.54) is 13.8 Å². The normalized spacial score (nSPS) is 14.8. The van der Waals surface area contributed by atoms with Gasteiger partial charge in [0.05, 0.1) is 6.04 Å². The third-order valence-corrected chi connectivity index (χ3v) is 7.14. The first kappa shape index (κ1) is 39.5. The van der Waals surface area contributed by atoms with Gasteiger partial charge in [0.25, 0.3) is 0 Å². The number of aliphatic carboxylic acids is 2. The van der Waals surface area contributed by atoms with Crippen molar-refractivity contribution in [3.05, 3.63) is 35.9 Å². The lowest BCUT2D eigenvalue weighted by molar-refractivity contribution is -0.143. The third kappa shape index (κ3) is 14.1. The van der Waals surface area contributed by atoms with E-state index in [1.807, 2.05) is 6.92 Å². The maximum Gasteiger partial charge on any atom is 0.326 e. The van der Waals surface area contributed by atoms with Crippen LogP contribution in [-0.2, 0) is 40.0 Å². The minimum atomic E-state index is -1.27. The predicted octanol–water partition coefficient (Wildman–Crippen LogP) is -0.184. The molecule has 0 spiro atoms. The second-order valence-electron chi connectivity index (χ2n) is 11.5. The van der Waals surface area contributed by atoms with Gasteiger partial charge >= 0.3 is 11.9 Å². The van der Waals surface area contributed by atoms with Crippen molar-refractivity contribution in [2.45, 2.75) is 109 Å². The Balaban J connectivity index is 2.93. The van der Waals surface area contributed by atoms with Gasteiger partial charge in [-0.05, 0) is 38.2 Å². The first-order chi connectivity index (χ1) is 21.6. The molecule has 0 saturated heterocycles. The molecule has 0 aliphatic rings. The lowest BCUT2D eigenvalue weighted by Gasteiger charge is -2.25. The van der Waals surface area contributed by atoms with E-state index in [2.05, 4.69) is 26.6 Å². The SMILES string of the molecule is CCCC[C@H](N)C(=O)N[C@@H](CCC(=O)O)C(=O)N[C@@H](C)C(=O)N[C@@H](C)C(=O)N[C@@H](Cc1ccccc1)C(=O)N[C@H](C(=O)O)C(C)C. The van der Waals surface area contributed by atoms with Crippen molar-refractivity contribution in [1.29, 1.82) is 0 Å². The van der Waals surface area contributed by atoms with Crippen LogP contribution in [0.5, 0.6) is 0 Å². The largest absolute Gasteiger partial charge is 0.481 e. The summed E-state index contributed by atoms with van der Waals surface area (Å²) in [4.78, 5) is 87.2. The van der Waals surface area contributed by atoms with Crippen LogP contribution in [0.1, 0.15) is 72.3 Å². The van der Waals surface area contributed by atoms with E-state index in [0.717, 1.165) is 6.42 Å². The second kappa shape index (κ2) is 19.8. The van der Waals surface area contributed by atoms with Gasteiger partial charge in [-0.25, -0.2) is 4.79 Å². The summed E-state index contributed by atoms with van der Waals surface area (Å²) in [6, 6.07) is 1.83. The predicted molar refractivity (Wildman–Crippen MR) is 168 cm³/mol. The van der Waals surface area contributed by atoms with Gasteiger partial charge in [0.2, 0.25) is 29.5 Å². The van der Waals surface area contributed by atoms with Crippen molar-refractivity contribution in [3.8, 4) is 0 Å². The van der Waals surface area contributed by atoms with Gasteiger partial charge in [-0.3, -0.25) is 28.8 Å². The molecule has 0 heterocycles. The van der Waals surface area contributed by atoms with Crippen LogP contribution in [0.4, 0.5) is 0 Å². The fourth-order valence-corrected chi connectivity index (χ4v) is 4.28. The van der Waals surface area contributed by atoms with E-state index in [-0.39, 0.29) is 12.8 Å². The Labute approximate surface area is 268 Å². The molecule has 0 fully saturated rings. The van der Waals surface area contributed by atoms with Crippen LogP contribution in [0, 0.1) is 5.92 Å². The maximum atomic E-state index is 13.1. The van der Waals surface area contributed by atoms with Crippen molar-refractivity contribution in [2.24, 2.45) is 11.7 Å². The van der Waals surface area contributed by atoms with E-state index >= 15 is 0 Å². The summed E-state index contributed by atoms with van der Waals surface area (Å²) in [6.45, 7) is 7.89. The van der Waals surface area contributed by atoms with Gasteiger partial charge in [-0.2, -0.15) is 0 Å². The van der Waals surface area contributed by atoms with Crippen LogP contribution in [0.15, 0.2) is 30.3 Å². The molecule has 0 bridgehead atoms. The van der Waals surface area contributed by atoms with Crippen molar-refractivity contribution >= 4 is 41.5 Å². The molecule has 46 heavy (non-hydrogen) atoms. The molecule has 0 aromatic heterocycles. The molecule has 0 aliphatic heterocycles. The fourth-order valence-electron chi connectivity index (χ4n) is 4.28. The van der Waals surface area contributed by atoms with Crippen molar-refractivity contribution in [2.75, 3.05) is 0 Å². The number of amides is 5. The average molecular weight is 649 g/mol. The van der Waals surface area contributed by atoms with Crippen LogP contribution in [0.2, 0.25) is 0 Å². The molecule has 1 aromatic carbocycles. The first-order valence-electron chi connectivity index (χ1n) is 15.3. The van der Waals surface area contributed by atoms with E-state index in [4.69, 9.17) is 10.8 Å². The van der Waals surface area contributed by atoms with Gasteiger partial charge in [-0.1, -0.05) is 63.9 Å². The molecule has 6 atom stereocenters. The Bertz CT molecular complexity index is 1210. The molecule has 0 saturated carbocycles. The highest BCUT2D eigenvalue weighted by atomic mass is 16.4. The summed E-state index contributed by atoms with van der Waals surface area (Å²) in [5.41, 5.74) is 6.57. The lowest BCUT2D eigenvalue weighted by Crippen LogP contribution is -2.58. The van der Waals surface area contributed by atoms with Crippen LogP contribution in [-0.4, -0.2) is 87.9 Å². The third-order valence-electron chi connectivity index (χ3n) is 7.14. The number of hydrogen-bond donors (Lipinski definition) is 8. The Morgan fingerprint density at radius 1 is 0.696 bits per heavy atom. The zero-order chi connectivity index (χ0) is 35.0. The Kier molecular flexibility index (Phi) is 17.0. The van der Waals surface area contributed by atoms with Crippen molar-refractivity contribution in [1.82, 2.24) is 26.6 Å². The number of hydrogen-bond acceptors (Lipinski definition) is 8. The quantitative estimate of drug-likeness (QED) is 0.0926. The average Bonchev–Trinajstić information content (AvgIpc) is 2.99. The zero-order valence-electron chi connectivity index (χ0n) is 27.0. The van der Waals surface area contributed by atoms with Crippen LogP contribution < -0.4 is 32.3 Å². The van der Waals surface area contributed by atoms with Gasteiger partial charge in [0.1, 0.15) is 30.2 Å². The molecule has 9 N–H and O–H groups in total. The number of carbonyl (C=O) groups excluding carboxylic acids is 5. The molecule has 0 aliphatic carbocycles. The summed E-state index contributed by atoms with van der Waals surface area (Å²) in [7, 11) is 0. The maximum absolute atomic E-state index is 13.1. The molecule has 0 radical (unpaired) electrons. The molecule has 15 nitrogen and oxygen atoms in total. The molecule has 1 aromatic rings. The molecule has 15 heteroatoms. The van der Waals surface area contributed by atoms with E-state index in [9.17, 15) is 38.7 Å². The summed E-state index contributed by atoms with van der Waals surface area (Å²) in [5.74, 6) is -6.52. The topological polar surface area (TPSA) is 246 Å². The number of carboxylic acid groups (broad SMARTS) is 2. The monoisotopic (exact) mass is 648 g/mol. The molecular formula is C31H48N6O9. The fraction of sp³-hybridized carbons (Fsp3) is 0.581. The smallest absolute Gasteiger partial charge is 0.326 e. The number of unbranched alkanes of at least 4 members (excludes halogenated alkanes) is 1. The van der Waals surface area contributed by atoms with E-state index in [1.54, 1.807) is 44.2 Å².